The van der Waals surface area contributed by atoms with Crippen LogP contribution in [0.15, 0.2) is 55.0 Å². The minimum Gasteiger partial charge on any atom is -0.381 e. The Kier molecular flexibility index (Phi) is 7.01. The number of nitriles is 1. The number of sulfonamides is 1. The lowest BCUT2D eigenvalue weighted by molar-refractivity contribution is 0.0844. The Balaban J connectivity index is 1.57. The summed E-state index contributed by atoms with van der Waals surface area (Å²) in [4.78, 5) is 20.7. The number of nitrogens with one attached hydrogen (secondary N) is 1. The summed E-state index contributed by atoms with van der Waals surface area (Å²) in [6.07, 6.45) is 6.24. The highest BCUT2D eigenvalue weighted by molar-refractivity contribution is 7.89. The summed E-state index contributed by atoms with van der Waals surface area (Å²) >= 11 is 0. The number of aryl methyl sites for hydroxylation is 1. The molecular formula is C25H24N4O4S. The van der Waals surface area contributed by atoms with Crippen molar-refractivity contribution in [3.05, 3.63) is 82.9 Å². The molecule has 1 aliphatic heterocycles. The summed E-state index contributed by atoms with van der Waals surface area (Å²) < 4.78 is 32.8. The van der Waals surface area contributed by atoms with Gasteiger partial charge in [-0.15, -0.1) is 0 Å². The molecule has 1 aliphatic rings. The second-order valence-electron chi connectivity index (χ2n) is 8.23. The van der Waals surface area contributed by atoms with E-state index in [1.807, 2.05) is 19.1 Å². The van der Waals surface area contributed by atoms with Gasteiger partial charge in [-0.05, 0) is 60.7 Å². The van der Waals surface area contributed by atoms with Gasteiger partial charge >= 0.3 is 0 Å². The summed E-state index contributed by atoms with van der Waals surface area (Å²) in [7, 11) is -3.93. The van der Waals surface area contributed by atoms with Crippen molar-refractivity contribution in [2.75, 3.05) is 13.2 Å². The lowest BCUT2D eigenvalue weighted by Gasteiger charge is -2.22. The van der Waals surface area contributed by atoms with Crippen LogP contribution in [0.1, 0.15) is 51.5 Å². The van der Waals surface area contributed by atoms with E-state index in [-0.39, 0.29) is 17.2 Å². The first-order valence-corrected chi connectivity index (χ1v) is 12.5. The van der Waals surface area contributed by atoms with Crippen LogP contribution < -0.4 is 4.72 Å². The average molecular weight is 477 g/mol. The Hall–Kier alpha value is -3.61. The zero-order valence-corrected chi connectivity index (χ0v) is 19.5. The molecule has 0 bridgehead atoms. The molecule has 0 spiro atoms. The second kappa shape index (κ2) is 10.1. The largest absolute Gasteiger partial charge is 0.381 e. The maximum absolute atomic E-state index is 12.6. The first kappa shape index (κ1) is 23.5. The number of carbonyl (C=O) groups excluding carboxylic acids is 1. The number of hydrogen-bond acceptors (Lipinski definition) is 7. The van der Waals surface area contributed by atoms with Crippen molar-refractivity contribution < 1.29 is 17.9 Å². The highest BCUT2D eigenvalue weighted by Gasteiger charge is 2.22. The molecule has 1 N–H and O–H groups in total. The van der Waals surface area contributed by atoms with E-state index in [1.165, 1.54) is 24.5 Å². The van der Waals surface area contributed by atoms with Crippen LogP contribution in [0.25, 0.3) is 11.1 Å². The van der Waals surface area contributed by atoms with Gasteiger partial charge in [0.2, 0.25) is 10.0 Å². The number of benzene rings is 1. The molecule has 3 aromatic rings. The maximum Gasteiger partial charge on any atom is 0.264 e. The average Bonchev–Trinajstić information content (AvgIpc) is 2.85. The Morgan fingerprint density at radius 3 is 2.62 bits per heavy atom. The summed E-state index contributed by atoms with van der Waals surface area (Å²) in [5.41, 5.74) is 4.48. The van der Waals surface area contributed by atoms with Crippen molar-refractivity contribution >= 4 is 15.9 Å². The van der Waals surface area contributed by atoms with E-state index >= 15 is 0 Å². The van der Waals surface area contributed by atoms with E-state index in [4.69, 9.17) is 4.74 Å². The van der Waals surface area contributed by atoms with Gasteiger partial charge in [0, 0.05) is 48.8 Å². The number of aromatic nitrogens is 2. The predicted octanol–water partition coefficient (Wildman–Crippen LogP) is 3.48. The van der Waals surface area contributed by atoms with Crippen LogP contribution >= 0.6 is 0 Å². The SMILES string of the molecule is Cc1ccc(CS(=O)(=O)NC(=O)c2ccncc2)cc1-c1cnc(C2CCOCC2)c(C#N)c1. The van der Waals surface area contributed by atoms with E-state index < -0.39 is 15.9 Å². The molecule has 3 heterocycles. The normalized spacial score (nSPS) is 14.4. The Bertz CT molecular complexity index is 1350. The number of hydrogen-bond donors (Lipinski definition) is 1. The zero-order chi connectivity index (χ0) is 24.1. The molecule has 0 unspecified atom stereocenters. The first-order chi connectivity index (χ1) is 16.4. The van der Waals surface area contributed by atoms with Gasteiger partial charge in [0.15, 0.2) is 0 Å². The molecule has 0 saturated carbocycles. The highest BCUT2D eigenvalue weighted by Crippen LogP contribution is 2.31. The van der Waals surface area contributed by atoms with Gasteiger partial charge in [-0.25, -0.2) is 13.1 Å². The number of ether oxygens (including phenoxy) is 1. The molecule has 1 saturated heterocycles. The summed E-state index contributed by atoms with van der Waals surface area (Å²) in [5.74, 6) is -0.879. The monoisotopic (exact) mass is 476 g/mol. The van der Waals surface area contributed by atoms with Crippen LogP contribution in [-0.2, 0) is 20.5 Å². The maximum atomic E-state index is 12.6. The van der Waals surface area contributed by atoms with E-state index in [2.05, 4.69) is 20.8 Å². The molecule has 1 amide bonds. The standard InChI is InChI=1S/C25H24N4O4S/c1-17-2-3-18(16-34(31,32)29-25(30)20-4-8-27-9-5-20)12-23(17)22-13-21(14-26)24(28-15-22)19-6-10-33-11-7-19/h2-5,8-9,12-13,15,19H,6-7,10-11,16H2,1H3,(H,29,30). The quantitative estimate of drug-likeness (QED) is 0.578. The zero-order valence-electron chi connectivity index (χ0n) is 18.7. The Morgan fingerprint density at radius 1 is 1.18 bits per heavy atom. The van der Waals surface area contributed by atoms with Gasteiger partial charge < -0.3 is 4.74 Å². The van der Waals surface area contributed by atoms with Gasteiger partial charge in [-0.2, -0.15) is 5.26 Å². The van der Waals surface area contributed by atoms with Crippen molar-refractivity contribution in [2.24, 2.45) is 0 Å². The van der Waals surface area contributed by atoms with Crippen LogP contribution in [-0.4, -0.2) is 37.5 Å². The van der Waals surface area contributed by atoms with Crippen molar-refractivity contribution in [3.63, 3.8) is 0 Å². The van der Waals surface area contributed by atoms with Crippen LogP contribution in [0.2, 0.25) is 0 Å². The van der Waals surface area contributed by atoms with Gasteiger partial charge in [-0.1, -0.05) is 12.1 Å². The molecule has 4 rings (SSSR count). The minimum atomic E-state index is -3.93. The van der Waals surface area contributed by atoms with Gasteiger partial charge in [0.25, 0.3) is 5.91 Å². The lowest BCUT2D eigenvalue weighted by atomic mass is 9.91. The summed E-state index contributed by atoms with van der Waals surface area (Å²) in [6, 6.07) is 12.3. The van der Waals surface area contributed by atoms with Crippen LogP contribution in [0.4, 0.5) is 0 Å². The molecule has 1 fully saturated rings. The summed E-state index contributed by atoms with van der Waals surface area (Å²) in [6.45, 7) is 3.23. The van der Waals surface area contributed by atoms with Crippen molar-refractivity contribution in [3.8, 4) is 17.2 Å². The molecule has 34 heavy (non-hydrogen) atoms. The number of rotatable bonds is 6. The van der Waals surface area contributed by atoms with Crippen LogP contribution in [0, 0.1) is 18.3 Å². The van der Waals surface area contributed by atoms with E-state index in [0.717, 1.165) is 35.2 Å². The molecule has 0 radical (unpaired) electrons. The molecule has 8 nitrogen and oxygen atoms in total. The number of amides is 1. The summed E-state index contributed by atoms with van der Waals surface area (Å²) in [5, 5.41) is 9.73. The molecular weight excluding hydrogens is 452 g/mol. The van der Waals surface area contributed by atoms with Crippen LogP contribution in [0.5, 0.6) is 0 Å². The topological polar surface area (TPSA) is 122 Å². The van der Waals surface area contributed by atoms with Crippen LogP contribution in [0.3, 0.4) is 0 Å². The van der Waals surface area contributed by atoms with Crippen molar-refractivity contribution in [1.82, 2.24) is 14.7 Å². The third-order valence-corrected chi connectivity index (χ3v) is 7.02. The van der Waals surface area contributed by atoms with E-state index in [9.17, 15) is 18.5 Å². The fourth-order valence-corrected chi connectivity index (χ4v) is 5.13. The fraction of sp³-hybridized carbons (Fsp3) is 0.280. The lowest BCUT2D eigenvalue weighted by Crippen LogP contribution is -2.31. The third kappa shape index (κ3) is 5.47. The van der Waals surface area contributed by atoms with Crippen molar-refractivity contribution in [1.29, 1.82) is 5.26 Å². The predicted molar refractivity (Wildman–Crippen MR) is 126 cm³/mol. The number of carbonyl (C=O) groups is 1. The van der Waals surface area contributed by atoms with Crippen molar-refractivity contribution in [2.45, 2.75) is 31.4 Å². The molecule has 0 aliphatic carbocycles. The third-order valence-electron chi connectivity index (χ3n) is 5.81. The fourth-order valence-electron chi connectivity index (χ4n) is 4.04. The second-order valence-corrected chi connectivity index (χ2v) is 9.95. The van der Waals surface area contributed by atoms with E-state index in [1.54, 1.807) is 18.3 Å². The molecule has 174 valence electrons. The molecule has 9 heteroatoms. The highest BCUT2D eigenvalue weighted by atomic mass is 32.2. The number of pyridine rings is 2. The molecule has 1 aromatic carbocycles. The molecule has 2 aromatic heterocycles. The first-order valence-electron chi connectivity index (χ1n) is 10.9. The van der Waals surface area contributed by atoms with Gasteiger partial charge in [0.1, 0.15) is 6.07 Å². The van der Waals surface area contributed by atoms with Gasteiger partial charge in [-0.3, -0.25) is 14.8 Å². The molecule has 0 atom stereocenters. The van der Waals surface area contributed by atoms with E-state index in [0.29, 0.717) is 24.3 Å². The minimum absolute atomic E-state index is 0.194. The number of nitrogens with zero attached hydrogens (tertiary/aromatic N) is 3. The Morgan fingerprint density at radius 2 is 1.91 bits per heavy atom. The Labute approximate surface area is 198 Å². The smallest absolute Gasteiger partial charge is 0.264 e. The van der Waals surface area contributed by atoms with Gasteiger partial charge in [0.05, 0.1) is 17.0 Å².